The molecular weight excluding hydrogens is 281 g/mol. The molecule has 0 spiro atoms. The normalized spacial score (nSPS) is 12.5. The van der Waals surface area contributed by atoms with Gasteiger partial charge in [-0.3, -0.25) is 10.1 Å². The number of rotatable bonds is 4. The molecule has 82 valence electrons. The molecule has 0 N–H and O–H groups in total. The smallest absolute Gasteiger partial charge is 0.258 e. The molecule has 0 radical (unpaired) electrons. The lowest BCUT2D eigenvalue weighted by Gasteiger charge is -2.07. The maximum absolute atomic E-state index is 10.8. The van der Waals surface area contributed by atoms with E-state index in [1.54, 1.807) is 12.1 Å². The Balaban J connectivity index is 3.02. The van der Waals surface area contributed by atoms with Crippen LogP contribution in [0.1, 0.15) is 18.9 Å². The fraction of sp³-hybridized carbons (Fsp3) is 0.400. The van der Waals surface area contributed by atoms with Gasteiger partial charge in [-0.25, -0.2) is 0 Å². The van der Waals surface area contributed by atoms with E-state index in [4.69, 9.17) is 11.6 Å². The van der Waals surface area contributed by atoms with Gasteiger partial charge in [0.2, 0.25) is 0 Å². The molecule has 0 fully saturated rings. The summed E-state index contributed by atoms with van der Waals surface area (Å²) < 4.78 is 0. The topological polar surface area (TPSA) is 43.1 Å². The summed E-state index contributed by atoms with van der Waals surface area (Å²) in [6, 6.07) is 4.65. The maximum atomic E-state index is 10.8. The maximum Gasteiger partial charge on any atom is 0.272 e. The van der Waals surface area contributed by atoms with Gasteiger partial charge in [-0.2, -0.15) is 0 Å². The van der Waals surface area contributed by atoms with Crippen LogP contribution in [0.5, 0.6) is 0 Å². The van der Waals surface area contributed by atoms with Gasteiger partial charge in [0, 0.05) is 21.5 Å². The molecule has 0 saturated carbocycles. The van der Waals surface area contributed by atoms with Crippen molar-refractivity contribution >= 4 is 33.2 Å². The fourth-order valence-corrected chi connectivity index (χ4v) is 1.82. The molecule has 0 aromatic heterocycles. The van der Waals surface area contributed by atoms with Gasteiger partial charge in [-0.1, -0.05) is 34.5 Å². The third-order valence-corrected chi connectivity index (χ3v) is 3.33. The van der Waals surface area contributed by atoms with Crippen LogP contribution in [-0.4, -0.2) is 9.75 Å². The zero-order chi connectivity index (χ0) is 11.4. The van der Waals surface area contributed by atoms with E-state index in [9.17, 15) is 10.1 Å². The lowest BCUT2D eigenvalue weighted by molar-refractivity contribution is -0.385. The van der Waals surface area contributed by atoms with Crippen LogP contribution in [0.4, 0.5) is 5.69 Å². The predicted octanol–water partition coefficient (Wildman–Crippen LogP) is 3.96. The van der Waals surface area contributed by atoms with Gasteiger partial charge in [0.25, 0.3) is 5.69 Å². The molecular formula is C10H11BrClNO2. The number of nitrogens with zero attached hydrogens (tertiary/aromatic N) is 1. The van der Waals surface area contributed by atoms with Crippen molar-refractivity contribution in [1.82, 2.24) is 0 Å². The summed E-state index contributed by atoms with van der Waals surface area (Å²) in [6.45, 7) is 2.02. The molecule has 1 aromatic rings. The second-order valence-electron chi connectivity index (χ2n) is 3.24. The number of nitro groups is 1. The fourth-order valence-electron chi connectivity index (χ4n) is 1.28. The van der Waals surface area contributed by atoms with Crippen LogP contribution < -0.4 is 0 Å². The molecule has 0 amide bonds. The average Bonchev–Trinajstić information content (AvgIpc) is 2.17. The van der Waals surface area contributed by atoms with Crippen molar-refractivity contribution in [2.24, 2.45) is 0 Å². The number of alkyl halides is 1. The minimum Gasteiger partial charge on any atom is -0.258 e. The first kappa shape index (κ1) is 12.5. The van der Waals surface area contributed by atoms with Gasteiger partial charge in [0.1, 0.15) is 0 Å². The summed E-state index contributed by atoms with van der Waals surface area (Å²) in [5.74, 6) is 0. The number of benzene rings is 1. The van der Waals surface area contributed by atoms with E-state index >= 15 is 0 Å². The van der Waals surface area contributed by atoms with Gasteiger partial charge in [0.15, 0.2) is 0 Å². The third-order valence-electron chi connectivity index (χ3n) is 2.12. The Hall–Kier alpha value is -0.610. The summed E-state index contributed by atoms with van der Waals surface area (Å²) in [5.41, 5.74) is 0.813. The van der Waals surface area contributed by atoms with Gasteiger partial charge in [-0.15, -0.1) is 0 Å². The zero-order valence-corrected chi connectivity index (χ0v) is 10.6. The van der Waals surface area contributed by atoms with Crippen molar-refractivity contribution in [1.29, 1.82) is 0 Å². The molecule has 5 heteroatoms. The standard InChI is InChI=1S/C10H11BrClNO2/c1-2-8(11)5-7-6-9(12)3-4-10(7)13(14)15/h3-4,6,8H,2,5H2,1H3. The van der Waals surface area contributed by atoms with Crippen LogP contribution in [0, 0.1) is 10.1 Å². The second-order valence-corrected chi connectivity index (χ2v) is 4.97. The Morgan fingerprint density at radius 1 is 1.60 bits per heavy atom. The number of nitro benzene ring substituents is 1. The Morgan fingerprint density at radius 2 is 2.27 bits per heavy atom. The Morgan fingerprint density at radius 3 is 2.80 bits per heavy atom. The van der Waals surface area contributed by atoms with Crippen molar-refractivity contribution in [2.75, 3.05) is 0 Å². The van der Waals surface area contributed by atoms with Crippen molar-refractivity contribution < 1.29 is 4.92 Å². The third kappa shape index (κ3) is 3.47. The molecule has 0 heterocycles. The lowest BCUT2D eigenvalue weighted by Crippen LogP contribution is -2.03. The average molecular weight is 293 g/mol. The summed E-state index contributed by atoms with van der Waals surface area (Å²) in [6.07, 6.45) is 1.54. The van der Waals surface area contributed by atoms with E-state index in [2.05, 4.69) is 15.9 Å². The highest BCUT2D eigenvalue weighted by molar-refractivity contribution is 9.09. The van der Waals surface area contributed by atoms with Crippen LogP contribution in [-0.2, 0) is 6.42 Å². The highest BCUT2D eigenvalue weighted by Crippen LogP contribution is 2.26. The Bertz CT molecular complexity index is 370. The lowest BCUT2D eigenvalue weighted by atomic mass is 10.1. The zero-order valence-electron chi connectivity index (χ0n) is 8.24. The van der Waals surface area contributed by atoms with E-state index in [1.165, 1.54) is 6.07 Å². The van der Waals surface area contributed by atoms with Crippen LogP contribution in [0.15, 0.2) is 18.2 Å². The monoisotopic (exact) mass is 291 g/mol. The van der Waals surface area contributed by atoms with Gasteiger partial charge >= 0.3 is 0 Å². The SMILES string of the molecule is CCC(Br)Cc1cc(Cl)ccc1[N+](=O)[O-]. The summed E-state index contributed by atoms with van der Waals surface area (Å²) in [5, 5.41) is 11.3. The molecule has 1 rings (SSSR count). The van der Waals surface area contributed by atoms with E-state index in [0.717, 1.165) is 6.42 Å². The van der Waals surface area contributed by atoms with Crippen molar-refractivity contribution in [3.05, 3.63) is 38.9 Å². The minimum atomic E-state index is -0.374. The molecule has 0 bridgehead atoms. The van der Waals surface area contributed by atoms with Gasteiger partial charge in [0.05, 0.1) is 4.92 Å². The highest BCUT2D eigenvalue weighted by atomic mass is 79.9. The molecule has 0 aliphatic carbocycles. The van der Waals surface area contributed by atoms with Crippen LogP contribution in [0.3, 0.4) is 0 Å². The molecule has 1 atom stereocenters. The van der Waals surface area contributed by atoms with E-state index in [0.29, 0.717) is 17.0 Å². The molecule has 3 nitrogen and oxygen atoms in total. The number of hydrogen-bond acceptors (Lipinski definition) is 2. The van der Waals surface area contributed by atoms with E-state index in [1.807, 2.05) is 6.92 Å². The number of halogens is 2. The highest BCUT2D eigenvalue weighted by Gasteiger charge is 2.16. The van der Waals surface area contributed by atoms with Gasteiger partial charge in [-0.05, 0) is 25.0 Å². The molecule has 1 aromatic carbocycles. The van der Waals surface area contributed by atoms with Crippen molar-refractivity contribution in [3.8, 4) is 0 Å². The largest absolute Gasteiger partial charge is 0.272 e. The first-order valence-electron chi connectivity index (χ1n) is 4.61. The molecule has 0 aliphatic heterocycles. The summed E-state index contributed by atoms with van der Waals surface area (Å²) in [7, 11) is 0. The summed E-state index contributed by atoms with van der Waals surface area (Å²) in [4.78, 5) is 10.6. The molecule has 15 heavy (non-hydrogen) atoms. The predicted molar refractivity (Wildman–Crippen MR) is 64.8 cm³/mol. The van der Waals surface area contributed by atoms with Crippen molar-refractivity contribution in [3.63, 3.8) is 0 Å². The molecule has 1 unspecified atom stereocenters. The van der Waals surface area contributed by atoms with Crippen molar-refractivity contribution in [2.45, 2.75) is 24.6 Å². The van der Waals surface area contributed by atoms with E-state index in [-0.39, 0.29) is 15.4 Å². The first-order chi connectivity index (χ1) is 7.04. The van der Waals surface area contributed by atoms with Gasteiger partial charge < -0.3 is 0 Å². The van der Waals surface area contributed by atoms with E-state index < -0.39 is 0 Å². The Labute approximate surface area is 102 Å². The minimum absolute atomic E-state index is 0.136. The first-order valence-corrected chi connectivity index (χ1v) is 5.90. The van der Waals surface area contributed by atoms with Crippen LogP contribution >= 0.6 is 27.5 Å². The quantitative estimate of drug-likeness (QED) is 0.479. The summed E-state index contributed by atoms with van der Waals surface area (Å²) >= 11 is 9.27. The molecule has 0 aliphatic rings. The number of hydrogen-bond donors (Lipinski definition) is 0. The Kier molecular flexibility index (Phi) is 4.54. The molecule has 0 saturated heterocycles. The van der Waals surface area contributed by atoms with Crippen LogP contribution in [0.2, 0.25) is 5.02 Å². The second kappa shape index (κ2) is 5.47. The van der Waals surface area contributed by atoms with Crippen LogP contribution in [0.25, 0.3) is 0 Å².